The van der Waals surface area contributed by atoms with Crippen molar-refractivity contribution in [2.75, 3.05) is 6.61 Å². The lowest BCUT2D eigenvalue weighted by molar-refractivity contribution is 0.341. The van der Waals surface area contributed by atoms with Crippen molar-refractivity contribution >= 4 is 27.8 Å². The average molecular weight is 327 g/mol. The smallest absolute Gasteiger partial charge is 0.211 e. The van der Waals surface area contributed by atoms with E-state index in [0.29, 0.717) is 12.2 Å². The molecule has 3 aromatic rings. The molecule has 0 radical (unpaired) electrons. The molecule has 0 aliphatic heterocycles. The topological polar surface area (TPSA) is 59.1 Å². The summed E-state index contributed by atoms with van der Waals surface area (Å²) in [5, 5.41) is 18.0. The SMILES string of the molecule is CCOc1ccc2c(c1)s/c(=N/N=C/c1ccccc1O)n2C. The Morgan fingerprint density at radius 3 is 2.87 bits per heavy atom. The van der Waals surface area contributed by atoms with Gasteiger partial charge in [0.25, 0.3) is 0 Å². The first-order valence-corrected chi connectivity index (χ1v) is 8.08. The number of ether oxygens (including phenoxy) is 1. The Kier molecular flexibility index (Phi) is 4.43. The van der Waals surface area contributed by atoms with Crippen molar-refractivity contribution in [3.8, 4) is 11.5 Å². The minimum absolute atomic E-state index is 0.188. The number of nitrogens with zero attached hydrogens (tertiary/aromatic N) is 3. The summed E-state index contributed by atoms with van der Waals surface area (Å²) in [6.45, 7) is 2.61. The summed E-state index contributed by atoms with van der Waals surface area (Å²) in [7, 11) is 1.95. The van der Waals surface area contributed by atoms with Gasteiger partial charge in [0.05, 0.1) is 23.0 Å². The maximum absolute atomic E-state index is 9.71. The molecule has 23 heavy (non-hydrogen) atoms. The summed E-state index contributed by atoms with van der Waals surface area (Å²) >= 11 is 1.54. The summed E-state index contributed by atoms with van der Waals surface area (Å²) in [6, 6.07) is 13.0. The Bertz CT molecular complexity index is 925. The number of hydrogen-bond donors (Lipinski definition) is 1. The summed E-state index contributed by atoms with van der Waals surface area (Å²) in [5.41, 5.74) is 1.72. The lowest BCUT2D eigenvalue weighted by Gasteiger charge is -2.02. The molecule has 1 aromatic heterocycles. The highest BCUT2D eigenvalue weighted by molar-refractivity contribution is 7.16. The molecule has 5 nitrogen and oxygen atoms in total. The van der Waals surface area contributed by atoms with Gasteiger partial charge in [0, 0.05) is 12.6 Å². The fourth-order valence-electron chi connectivity index (χ4n) is 2.20. The molecule has 0 aliphatic carbocycles. The van der Waals surface area contributed by atoms with Crippen LogP contribution in [0.3, 0.4) is 0 Å². The van der Waals surface area contributed by atoms with Crippen LogP contribution in [0, 0.1) is 0 Å². The zero-order chi connectivity index (χ0) is 16.2. The maximum Gasteiger partial charge on any atom is 0.211 e. The first-order valence-electron chi connectivity index (χ1n) is 7.26. The molecule has 1 N–H and O–H groups in total. The Morgan fingerprint density at radius 1 is 1.26 bits per heavy atom. The fraction of sp³-hybridized carbons (Fsp3) is 0.176. The molecule has 1 heterocycles. The van der Waals surface area contributed by atoms with Crippen molar-refractivity contribution in [1.29, 1.82) is 0 Å². The Hall–Kier alpha value is -2.60. The molecule has 118 valence electrons. The van der Waals surface area contributed by atoms with Gasteiger partial charge in [-0.3, -0.25) is 0 Å². The lowest BCUT2D eigenvalue weighted by atomic mass is 10.2. The van der Waals surface area contributed by atoms with Crippen molar-refractivity contribution in [2.24, 2.45) is 17.3 Å². The summed E-state index contributed by atoms with van der Waals surface area (Å²) in [5.74, 6) is 1.04. The zero-order valence-corrected chi connectivity index (χ0v) is 13.7. The third kappa shape index (κ3) is 3.27. The van der Waals surface area contributed by atoms with Crippen LogP contribution in [0.25, 0.3) is 10.2 Å². The molecule has 0 atom stereocenters. The van der Waals surface area contributed by atoms with Crippen LogP contribution in [0.15, 0.2) is 52.7 Å². The molecule has 0 amide bonds. The fourth-order valence-corrected chi connectivity index (χ4v) is 3.21. The van der Waals surface area contributed by atoms with E-state index in [1.165, 1.54) is 0 Å². The Balaban J connectivity index is 1.96. The minimum Gasteiger partial charge on any atom is -0.507 e. The number of para-hydroxylation sites is 1. The molecule has 0 unspecified atom stereocenters. The molecular weight excluding hydrogens is 310 g/mol. The second-order valence-electron chi connectivity index (χ2n) is 4.91. The predicted octanol–water partition coefficient (Wildman–Crippen LogP) is 3.28. The van der Waals surface area contributed by atoms with E-state index >= 15 is 0 Å². The van der Waals surface area contributed by atoms with E-state index in [2.05, 4.69) is 10.2 Å². The maximum atomic E-state index is 9.71. The highest BCUT2D eigenvalue weighted by Gasteiger charge is 2.04. The Morgan fingerprint density at radius 2 is 2.09 bits per heavy atom. The van der Waals surface area contributed by atoms with Gasteiger partial charge in [-0.25, -0.2) is 0 Å². The quantitative estimate of drug-likeness (QED) is 0.590. The van der Waals surface area contributed by atoms with Gasteiger partial charge < -0.3 is 14.4 Å². The molecule has 0 saturated carbocycles. The van der Waals surface area contributed by atoms with Crippen molar-refractivity contribution in [3.05, 3.63) is 52.8 Å². The van der Waals surface area contributed by atoms with Gasteiger partial charge in [-0.2, -0.15) is 5.10 Å². The summed E-state index contributed by atoms with van der Waals surface area (Å²) < 4.78 is 8.60. The lowest BCUT2D eigenvalue weighted by Crippen LogP contribution is -2.08. The number of thiazole rings is 1. The third-order valence-electron chi connectivity index (χ3n) is 3.37. The van der Waals surface area contributed by atoms with Gasteiger partial charge in [-0.15, -0.1) is 5.10 Å². The van der Waals surface area contributed by atoms with Crippen molar-refractivity contribution < 1.29 is 9.84 Å². The third-order valence-corrected chi connectivity index (χ3v) is 4.45. The van der Waals surface area contributed by atoms with E-state index in [0.717, 1.165) is 20.8 Å². The number of fused-ring (bicyclic) bond motifs is 1. The van der Waals surface area contributed by atoms with E-state index in [9.17, 15) is 5.11 Å². The van der Waals surface area contributed by atoms with Crippen LogP contribution in [0.4, 0.5) is 0 Å². The number of phenols is 1. The largest absolute Gasteiger partial charge is 0.507 e. The molecule has 0 spiro atoms. The highest BCUT2D eigenvalue weighted by atomic mass is 32.1. The van der Waals surface area contributed by atoms with Crippen molar-refractivity contribution in [3.63, 3.8) is 0 Å². The summed E-state index contributed by atoms with van der Waals surface area (Å²) in [4.78, 5) is 0.778. The van der Waals surface area contributed by atoms with Crippen LogP contribution in [0.1, 0.15) is 12.5 Å². The number of aromatic nitrogens is 1. The van der Waals surface area contributed by atoms with Gasteiger partial charge in [0.15, 0.2) is 0 Å². The standard InChI is InChI=1S/C17H17N3O2S/c1-3-22-13-8-9-14-16(10-13)23-17(20(14)2)19-18-11-12-6-4-5-7-15(12)21/h4-11,21H,3H2,1-2H3/b18-11+,19-17+. The highest BCUT2D eigenvalue weighted by Crippen LogP contribution is 2.22. The molecule has 2 aromatic carbocycles. The van der Waals surface area contributed by atoms with Gasteiger partial charge in [-0.1, -0.05) is 23.5 Å². The molecule has 3 rings (SSSR count). The molecular formula is C17H17N3O2S. The number of rotatable bonds is 4. The first kappa shape index (κ1) is 15.3. The van der Waals surface area contributed by atoms with E-state index in [4.69, 9.17) is 4.74 Å². The zero-order valence-electron chi connectivity index (χ0n) is 12.9. The van der Waals surface area contributed by atoms with Crippen LogP contribution in [0.2, 0.25) is 0 Å². The van der Waals surface area contributed by atoms with E-state index in [-0.39, 0.29) is 5.75 Å². The number of benzene rings is 2. The summed E-state index contributed by atoms with van der Waals surface area (Å²) in [6.07, 6.45) is 1.55. The normalized spacial score (nSPS) is 12.3. The predicted molar refractivity (Wildman–Crippen MR) is 93.2 cm³/mol. The minimum atomic E-state index is 0.188. The second kappa shape index (κ2) is 6.66. The molecule has 0 saturated heterocycles. The van der Waals surface area contributed by atoms with Crippen LogP contribution in [0.5, 0.6) is 11.5 Å². The first-order chi connectivity index (χ1) is 11.2. The second-order valence-corrected chi connectivity index (χ2v) is 5.92. The Labute approximate surface area is 137 Å². The number of hydrogen-bond acceptors (Lipinski definition) is 5. The van der Waals surface area contributed by atoms with E-state index < -0.39 is 0 Å². The van der Waals surface area contributed by atoms with Gasteiger partial charge in [-0.05, 0) is 37.3 Å². The van der Waals surface area contributed by atoms with Crippen LogP contribution < -0.4 is 9.54 Å². The average Bonchev–Trinajstić information content (AvgIpc) is 2.85. The molecule has 6 heteroatoms. The van der Waals surface area contributed by atoms with Gasteiger partial charge in [0.1, 0.15) is 11.5 Å². The molecule has 0 aliphatic rings. The number of aryl methyl sites for hydroxylation is 1. The molecule has 0 bridgehead atoms. The monoisotopic (exact) mass is 327 g/mol. The molecule has 0 fully saturated rings. The van der Waals surface area contributed by atoms with Crippen LogP contribution >= 0.6 is 11.3 Å². The van der Waals surface area contributed by atoms with E-state index in [1.807, 2.05) is 42.8 Å². The van der Waals surface area contributed by atoms with Crippen LogP contribution in [-0.2, 0) is 7.05 Å². The van der Waals surface area contributed by atoms with Gasteiger partial charge in [0.2, 0.25) is 4.80 Å². The van der Waals surface area contributed by atoms with Crippen LogP contribution in [-0.4, -0.2) is 22.5 Å². The van der Waals surface area contributed by atoms with Gasteiger partial charge >= 0.3 is 0 Å². The van der Waals surface area contributed by atoms with E-state index in [1.54, 1.807) is 35.8 Å². The number of phenolic OH excluding ortho intramolecular Hbond substituents is 1. The van der Waals surface area contributed by atoms with Crippen molar-refractivity contribution in [1.82, 2.24) is 4.57 Å². The number of aromatic hydroxyl groups is 1. The van der Waals surface area contributed by atoms with Crippen molar-refractivity contribution in [2.45, 2.75) is 6.92 Å².